The molecule has 5 nitrogen and oxygen atoms in total. The Kier molecular flexibility index (Phi) is 3.24. The van der Waals surface area contributed by atoms with Crippen LogP contribution in [0.1, 0.15) is 17.7 Å². The monoisotopic (exact) mass is 198 g/mol. The molecule has 1 heterocycles. The summed E-state index contributed by atoms with van der Waals surface area (Å²) < 4.78 is 1.41. The van der Waals surface area contributed by atoms with Crippen molar-refractivity contribution in [3.05, 3.63) is 32.1 Å². The quantitative estimate of drug-likeness (QED) is 0.674. The first-order valence-electron chi connectivity index (χ1n) is 4.47. The Hall–Kier alpha value is -1.36. The summed E-state index contributed by atoms with van der Waals surface area (Å²) in [4.78, 5) is 24.7. The second-order valence-electron chi connectivity index (χ2n) is 3.22. The van der Waals surface area contributed by atoms with Crippen molar-refractivity contribution in [1.82, 2.24) is 9.55 Å². The number of nitrogens with one attached hydrogen (secondary N) is 1. The van der Waals surface area contributed by atoms with Crippen LogP contribution in [0, 0.1) is 6.92 Å². The van der Waals surface area contributed by atoms with Gasteiger partial charge in [-0.15, -0.1) is 0 Å². The van der Waals surface area contributed by atoms with Crippen molar-refractivity contribution in [2.45, 2.75) is 19.8 Å². The van der Waals surface area contributed by atoms with Gasteiger partial charge in [-0.1, -0.05) is 0 Å². The van der Waals surface area contributed by atoms with Crippen LogP contribution >= 0.6 is 0 Å². The number of aliphatic hydroxyl groups excluding tert-OH is 1. The van der Waals surface area contributed by atoms with Crippen LogP contribution in [0.2, 0.25) is 0 Å². The lowest BCUT2D eigenvalue weighted by Crippen LogP contribution is -2.32. The number of aromatic nitrogens is 2. The summed E-state index contributed by atoms with van der Waals surface area (Å²) in [5.41, 5.74) is 0.475. The number of aliphatic hydroxyl groups is 1. The topological polar surface area (TPSA) is 75.1 Å². The van der Waals surface area contributed by atoms with E-state index in [-0.39, 0.29) is 12.2 Å². The van der Waals surface area contributed by atoms with Crippen molar-refractivity contribution in [3.63, 3.8) is 0 Å². The molecule has 0 aliphatic rings. The van der Waals surface area contributed by atoms with Gasteiger partial charge in [-0.25, -0.2) is 4.79 Å². The summed E-state index contributed by atoms with van der Waals surface area (Å²) in [6, 6.07) is 0. The van der Waals surface area contributed by atoms with Crippen LogP contribution in [-0.2, 0) is 13.5 Å². The molecule has 1 aromatic heterocycles. The third-order valence-corrected chi connectivity index (χ3v) is 2.28. The standard InChI is InChI=1S/C9H14N2O3/c1-6-7(4-3-5-12)11(2)9(14)10-8(6)13/h12H,3-5H2,1-2H3,(H,10,13,14). The number of hydrogen-bond donors (Lipinski definition) is 2. The van der Waals surface area contributed by atoms with E-state index in [0.29, 0.717) is 24.1 Å². The van der Waals surface area contributed by atoms with Gasteiger partial charge in [-0.05, 0) is 19.8 Å². The number of hydrogen-bond acceptors (Lipinski definition) is 3. The molecule has 0 amide bonds. The van der Waals surface area contributed by atoms with Crippen molar-refractivity contribution < 1.29 is 5.11 Å². The van der Waals surface area contributed by atoms with Crippen LogP contribution in [0.15, 0.2) is 9.59 Å². The van der Waals surface area contributed by atoms with E-state index in [9.17, 15) is 9.59 Å². The fraction of sp³-hybridized carbons (Fsp3) is 0.556. The van der Waals surface area contributed by atoms with Crippen molar-refractivity contribution in [1.29, 1.82) is 0 Å². The molecule has 78 valence electrons. The van der Waals surface area contributed by atoms with Gasteiger partial charge in [-0.3, -0.25) is 9.78 Å². The zero-order valence-electron chi connectivity index (χ0n) is 8.33. The minimum Gasteiger partial charge on any atom is -0.396 e. The third kappa shape index (κ3) is 1.93. The fourth-order valence-corrected chi connectivity index (χ4v) is 1.38. The van der Waals surface area contributed by atoms with Crippen LogP contribution < -0.4 is 11.2 Å². The van der Waals surface area contributed by atoms with Crippen molar-refractivity contribution in [2.75, 3.05) is 6.61 Å². The van der Waals surface area contributed by atoms with Gasteiger partial charge in [0.15, 0.2) is 0 Å². The fourth-order valence-electron chi connectivity index (χ4n) is 1.38. The Morgan fingerprint density at radius 2 is 2.07 bits per heavy atom. The Morgan fingerprint density at radius 1 is 1.43 bits per heavy atom. The average Bonchev–Trinajstić information content (AvgIpc) is 2.15. The second-order valence-corrected chi connectivity index (χ2v) is 3.22. The molecule has 5 heteroatoms. The Bertz CT molecular complexity index is 396. The van der Waals surface area contributed by atoms with Crippen molar-refractivity contribution >= 4 is 0 Å². The molecule has 0 unspecified atom stereocenters. The van der Waals surface area contributed by atoms with E-state index in [1.807, 2.05) is 0 Å². The maximum atomic E-state index is 11.2. The lowest BCUT2D eigenvalue weighted by molar-refractivity contribution is 0.287. The summed E-state index contributed by atoms with van der Waals surface area (Å²) in [5.74, 6) is 0. The smallest absolute Gasteiger partial charge is 0.328 e. The van der Waals surface area contributed by atoms with Gasteiger partial charge in [0.25, 0.3) is 5.56 Å². The van der Waals surface area contributed by atoms with E-state index in [1.165, 1.54) is 4.57 Å². The highest BCUT2D eigenvalue weighted by Gasteiger charge is 2.07. The molecular weight excluding hydrogens is 184 g/mol. The number of nitrogens with zero attached hydrogens (tertiary/aromatic N) is 1. The first-order valence-corrected chi connectivity index (χ1v) is 4.47. The van der Waals surface area contributed by atoms with Crippen molar-refractivity contribution in [3.8, 4) is 0 Å². The van der Waals surface area contributed by atoms with E-state index in [2.05, 4.69) is 4.98 Å². The van der Waals surface area contributed by atoms with E-state index in [0.717, 1.165) is 0 Å². The molecule has 14 heavy (non-hydrogen) atoms. The molecular formula is C9H14N2O3. The summed E-state index contributed by atoms with van der Waals surface area (Å²) in [6.45, 7) is 1.73. The molecule has 0 bridgehead atoms. The van der Waals surface area contributed by atoms with E-state index in [4.69, 9.17) is 5.11 Å². The second kappa shape index (κ2) is 4.23. The lowest BCUT2D eigenvalue weighted by Gasteiger charge is -2.08. The van der Waals surface area contributed by atoms with Gasteiger partial charge in [0, 0.05) is 24.9 Å². The molecule has 0 aliphatic heterocycles. The molecule has 0 fully saturated rings. The summed E-state index contributed by atoms with van der Waals surface area (Å²) in [7, 11) is 1.61. The van der Waals surface area contributed by atoms with Gasteiger partial charge in [-0.2, -0.15) is 0 Å². The SMILES string of the molecule is Cc1c(CCCO)n(C)c(=O)[nH]c1=O. The van der Waals surface area contributed by atoms with Crippen LogP contribution in [0.5, 0.6) is 0 Å². The Morgan fingerprint density at radius 3 is 2.64 bits per heavy atom. The summed E-state index contributed by atoms with van der Waals surface area (Å²) in [6.07, 6.45) is 1.09. The van der Waals surface area contributed by atoms with Crippen LogP contribution in [-0.4, -0.2) is 21.3 Å². The van der Waals surface area contributed by atoms with Gasteiger partial charge in [0.05, 0.1) is 0 Å². The van der Waals surface area contributed by atoms with Gasteiger partial charge in [0.2, 0.25) is 0 Å². The Labute approximate surface area is 81.0 Å². The van der Waals surface area contributed by atoms with E-state index in [1.54, 1.807) is 14.0 Å². The van der Waals surface area contributed by atoms with E-state index >= 15 is 0 Å². The third-order valence-electron chi connectivity index (χ3n) is 2.28. The largest absolute Gasteiger partial charge is 0.396 e. The molecule has 0 saturated heterocycles. The average molecular weight is 198 g/mol. The minimum atomic E-state index is -0.409. The first kappa shape index (κ1) is 10.7. The van der Waals surface area contributed by atoms with Crippen molar-refractivity contribution in [2.24, 2.45) is 7.05 Å². The van der Waals surface area contributed by atoms with Gasteiger partial charge < -0.3 is 9.67 Å². The highest BCUT2D eigenvalue weighted by atomic mass is 16.3. The highest BCUT2D eigenvalue weighted by Crippen LogP contribution is 2.01. The predicted molar refractivity (Wildman–Crippen MR) is 52.4 cm³/mol. The molecule has 2 N–H and O–H groups in total. The molecule has 0 atom stereocenters. The normalized spacial score (nSPS) is 10.5. The van der Waals surface area contributed by atoms with Gasteiger partial charge in [0.1, 0.15) is 0 Å². The molecule has 0 radical (unpaired) electrons. The number of H-pyrrole nitrogens is 1. The molecule has 0 aliphatic carbocycles. The first-order chi connectivity index (χ1) is 6.57. The number of rotatable bonds is 3. The Balaban J connectivity index is 3.25. The maximum absolute atomic E-state index is 11.2. The van der Waals surface area contributed by atoms with Crippen LogP contribution in [0.4, 0.5) is 0 Å². The molecule has 0 saturated carbocycles. The molecule has 1 aromatic rings. The van der Waals surface area contributed by atoms with Crippen LogP contribution in [0.25, 0.3) is 0 Å². The maximum Gasteiger partial charge on any atom is 0.328 e. The predicted octanol–water partition coefficient (Wildman–Crippen LogP) is -0.693. The summed E-state index contributed by atoms with van der Waals surface area (Å²) in [5, 5.41) is 8.67. The highest BCUT2D eigenvalue weighted by molar-refractivity contribution is 5.15. The van der Waals surface area contributed by atoms with Gasteiger partial charge >= 0.3 is 5.69 Å². The molecule has 0 aromatic carbocycles. The molecule has 0 spiro atoms. The zero-order valence-corrected chi connectivity index (χ0v) is 8.33. The minimum absolute atomic E-state index is 0.0560. The summed E-state index contributed by atoms with van der Waals surface area (Å²) >= 11 is 0. The number of aromatic amines is 1. The lowest BCUT2D eigenvalue weighted by atomic mass is 10.1. The molecule has 1 rings (SSSR count). The van der Waals surface area contributed by atoms with E-state index < -0.39 is 5.69 Å². The zero-order chi connectivity index (χ0) is 10.7. The van der Waals surface area contributed by atoms with Crippen LogP contribution in [0.3, 0.4) is 0 Å².